The van der Waals surface area contributed by atoms with Crippen LogP contribution in [0.4, 0.5) is 37.8 Å². The number of carbonyl (C=O) groups excluding carboxylic acids is 1. The Balaban J connectivity index is 1.91. The Labute approximate surface area is 198 Å². The Hall–Kier alpha value is -3.31. The van der Waals surface area contributed by atoms with E-state index < -0.39 is 40.9 Å². The quantitative estimate of drug-likeness (QED) is 0.217. The van der Waals surface area contributed by atoms with Crippen molar-refractivity contribution in [3.63, 3.8) is 0 Å². The number of rotatable bonds is 5. The highest BCUT2D eigenvalue weighted by Crippen LogP contribution is 2.33. The average molecular weight is 521 g/mol. The fourth-order valence-corrected chi connectivity index (χ4v) is 3.09. The second-order valence-electron chi connectivity index (χ2n) is 6.66. The number of benzene rings is 2. The zero-order valence-electron chi connectivity index (χ0n) is 16.6. The van der Waals surface area contributed by atoms with Gasteiger partial charge in [0.2, 0.25) is 0 Å². The number of aromatic nitrogens is 1. The van der Waals surface area contributed by atoms with Crippen LogP contribution in [0, 0.1) is 0 Å². The maximum absolute atomic E-state index is 13.1. The predicted octanol–water partition coefficient (Wildman–Crippen LogP) is 6.93. The summed E-state index contributed by atoms with van der Waals surface area (Å²) in [6.45, 7) is 0. The van der Waals surface area contributed by atoms with Crippen LogP contribution in [-0.4, -0.2) is 17.1 Å². The van der Waals surface area contributed by atoms with Crippen molar-refractivity contribution >= 4 is 46.8 Å². The van der Waals surface area contributed by atoms with Crippen molar-refractivity contribution in [2.75, 3.05) is 5.32 Å². The van der Waals surface area contributed by atoms with Gasteiger partial charge in [0.15, 0.2) is 0 Å². The molecule has 0 radical (unpaired) electrons. The minimum Gasteiger partial charge on any atom is -0.340 e. The molecule has 0 saturated heterocycles. The van der Waals surface area contributed by atoms with Gasteiger partial charge in [-0.3, -0.25) is 4.79 Å². The average Bonchev–Trinajstić information content (AvgIpc) is 2.74. The molecule has 0 spiro atoms. The monoisotopic (exact) mass is 520 g/mol. The van der Waals surface area contributed by atoms with Gasteiger partial charge < -0.3 is 5.32 Å². The highest BCUT2D eigenvalue weighted by atomic mass is 35.5. The molecule has 0 unspecified atom stereocenters. The highest BCUT2D eigenvalue weighted by molar-refractivity contribution is 6.36. The molecule has 13 heteroatoms. The van der Waals surface area contributed by atoms with E-state index in [0.717, 1.165) is 18.2 Å². The van der Waals surface area contributed by atoms with E-state index in [1.165, 1.54) is 30.5 Å². The van der Waals surface area contributed by atoms with Gasteiger partial charge in [0.05, 0.1) is 22.4 Å². The zero-order valence-corrected chi connectivity index (χ0v) is 18.1. The van der Waals surface area contributed by atoms with Crippen LogP contribution in [0.3, 0.4) is 0 Å². The Bertz CT molecular complexity index is 1240. The van der Waals surface area contributed by atoms with Crippen molar-refractivity contribution in [1.29, 1.82) is 0 Å². The highest BCUT2D eigenvalue weighted by Gasteiger charge is 2.34. The van der Waals surface area contributed by atoms with Gasteiger partial charge in [-0.05, 0) is 42.5 Å². The third-order valence-electron chi connectivity index (χ3n) is 4.22. The lowest BCUT2D eigenvalue weighted by atomic mass is 10.1. The van der Waals surface area contributed by atoms with E-state index in [1.54, 1.807) is 0 Å². The summed E-state index contributed by atoms with van der Waals surface area (Å²) in [4.78, 5) is 15.9. The molecule has 5 nitrogen and oxygen atoms in total. The summed E-state index contributed by atoms with van der Waals surface area (Å²) in [5, 5.41) is 6.64. The fourth-order valence-electron chi connectivity index (χ4n) is 2.63. The molecule has 1 heterocycles. The van der Waals surface area contributed by atoms with Crippen molar-refractivity contribution in [2.45, 2.75) is 12.4 Å². The van der Waals surface area contributed by atoms with E-state index in [2.05, 4.69) is 20.8 Å². The lowest BCUT2D eigenvalue weighted by molar-refractivity contribution is -0.141. The van der Waals surface area contributed by atoms with E-state index in [-0.39, 0.29) is 10.7 Å². The smallest absolute Gasteiger partial charge is 0.340 e. The molecule has 0 aliphatic heterocycles. The van der Waals surface area contributed by atoms with Crippen molar-refractivity contribution in [1.82, 2.24) is 10.4 Å². The Kier molecular flexibility index (Phi) is 7.37. The van der Waals surface area contributed by atoms with Gasteiger partial charge in [0.25, 0.3) is 5.91 Å². The molecule has 3 rings (SSSR count). The lowest BCUT2D eigenvalue weighted by Gasteiger charge is -2.14. The summed E-state index contributed by atoms with van der Waals surface area (Å²) in [6, 6.07) is 9.55. The molecule has 0 fully saturated rings. The van der Waals surface area contributed by atoms with Gasteiger partial charge in [0.1, 0.15) is 11.5 Å². The maximum Gasteiger partial charge on any atom is 0.433 e. The van der Waals surface area contributed by atoms with Crippen molar-refractivity contribution in [3.8, 4) is 0 Å². The van der Waals surface area contributed by atoms with E-state index in [0.29, 0.717) is 22.7 Å². The summed E-state index contributed by atoms with van der Waals surface area (Å²) in [5.74, 6) is -1.59. The SMILES string of the molecule is O=C(N/N=C/c1ccc(Cl)cc1Cl)c1ccc(C(F)(F)F)nc1Nc1cccc(C(F)(F)F)c1. The molecule has 2 aromatic carbocycles. The summed E-state index contributed by atoms with van der Waals surface area (Å²) in [5.41, 5.74) is -0.526. The van der Waals surface area contributed by atoms with E-state index in [4.69, 9.17) is 23.2 Å². The first-order valence-electron chi connectivity index (χ1n) is 9.15. The van der Waals surface area contributed by atoms with Gasteiger partial charge in [0, 0.05) is 16.3 Å². The number of nitrogens with one attached hydrogen (secondary N) is 2. The fraction of sp³-hybridized carbons (Fsp3) is 0.0952. The number of hydrogen-bond acceptors (Lipinski definition) is 4. The number of alkyl halides is 6. The first kappa shape index (κ1) is 25.3. The molecule has 34 heavy (non-hydrogen) atoms. The third kappa shape index (κ3) is 6.39. The molecule has 0 aliphatic rings. The second-order valence-corrected chi connectivity index (χ2v) is 7.50. The Morgan fingerprint density at radius 3 is 2.32 bits per heavy atom. The minimum absolute atomic E-state index is 0.229. The second kappa shape index (κ2) is 9.90. The number of pyridine rings is 1. The van der Waals surface area contributed by atoms with Crippen molar-refractivity contribution in [2.24, 2.45) is 5.10 Å². The molecule has 0 aliphatic carbocycles. The van der Waals surface area contributed by atoms with Crippen LogP contribution in [0.25, 0.3) is 0 Å². The van der Waals surface area contributed by atoms with Crippen LogP contribution >= 0.6 is 23.2 Å². The van der Waals surface area contributed by atoms with Crippen LogP contribution in [-0.2, 0) is 12.4 Å². The summed E-state index contributed by atoms with van der Waals surface area (Å²) >= 11 is 11.8. The molecule has 0 saturated carbocycles. The van der Waals surface area contributed by atoms with Crippen LogP contribution in [0.2, 0.25) is 10.0 Å². The van der Waals surface area contributed by atoms with Gasteiger partial charge >= 0.3 is 12.4 Å². The number of carbonyl (C=O) groups is 1. The molecular weight excluding hydrogens is 509 g/mol. The largest absolute Gasteiger partial charge is 0.433 e. The van der Waals surface area contributed by atoms with Gasteiger partial charge in [-0.1, -0.05) is 35.3 Å². The van der Waals surface area contributed by atoms with Crippen LogP contribution in [0.15, 0.2) is 59.7 Å². The lowest BCUT2D eigenvalue weighted by Crippen LogP contribution is -2.21. The summed E-state index contributed by atoms with van der Waals surface area (Å²) in [7, 11) is 0. The molecule has 2 N–H and O–H groups in total. The molecular formula is C21H12Cl2F6N4O. The number of hydrazone groups is 1. The molecule has 3 aromatic rings. The molecule has 0 bridgehead atoms. The number of halogens is 8. The Morgan fingerprint density at radius 2 is 1.68 bits per heavy atom. The first-order valence-corrected chi connectivity index (χ1v) is 9.91. The Morgan fingerprint density at radius 1 is 0.941 bits per heavy atom. The van der Waals surface area contributed by atoms with Gasteiger partial charge in [-0.2, -0.15) is 31.4 Å². The normalized spacial score (nSPS) is 12.1. The summed E-state index contributed by atoms with van der Waals surface area (Å²) in [6.07, 6.45) is -8.37. The number of anilines is 2. The van der Waals surface area contributed by atoms with Gasteiger partial charge in [-0.25, -0.2) is 10.4 Å². The zero-order chi connectivity index (χ0) is 25.1. The number of nitrogens with zero attached hydrogens (tertiary/aromatic N) is 2. The topological polar surface area (TPSA) is 66.4 Å². The third-order valence-corrected chi connectivity index (χ3v) is 4.78. The van der Waals surface area contributed by atoms with E-state index in [9.17, 15) is 31.1 Å². The minimum atomic E-state index is -4.86. The molecule has 1 amide bonds. The van der Waals surface area contributed by atoms with Crippen LogP contribution < -0.4 is 10.7 Å². The number of hydrogen-bond donors (Lipinski definition) is 2. The van der Waals surface area contributed by atoms with E-state index >= 15 is 0 Å². The van der Waals surface area contributed by atoms with Crippen LogP contribution in [0.5, 0.6) is 0 Å². The molecule has 178 valence electrons. The molecule has 0 atom stereocenters. The summed E-state index contributed by atoms with van der Waals surface area (Å²) < 4.78 is 78.3. The van der Waals surface area contributed by atoms with Crippen molar-refractivity contribution < 1.29 is 31.1 Å². The number of amides is 1. The maximum atomic E-state index is 13.1. The van der Waals surface area contributed by atoms with E-state index in [1.807, 2.05) is 0 Å². The van der Waals surface area contributed by atoms with Crippen LogP contribution in [0.1, 0.15) is 27.2 Å². The van der Waals surface area contributed by atoms with Crippen molar-refractivity contribution in [3.05, 3.63) is 87.0 Å². The predicted molar refractivity (Wildman–Crippen MR) is 115 cm³/mol. The first-order chi connectivity index (χ1) is 15.8. The standard InChI is InChI=1S/C21H12Cl2F6N4O/c22-13-5-4-11(16(23)9-13)10-30-33-19(34)15-6-7-17(21(27,28)29)32-18(15)31-14-3-1-2-12(8-14)20(24,25)26/h1-10H,(H,31,32)(H,33,34)/b30-10+. The van der Waals surface area contributed by atoms with Gasteiger partial charge in [-0.15, -0.1) is 0 Å². The molecule has 1 aromatic heterocycles.